The highest BCUT2D eigenvalue weighted by atomic mass is 32.2. The number of aromatic nitrogens is 5. The van der Waals surface area contributed by atoms with Crippen molar-refractivity contribution in [2.45, 2.75) is 5.16 Å². The molecule has 0 aliphatic heterocycles. The van der Waals surface area contributed by atoms with Crippen LogP contribution in [0, 0.1) is 0 Å². The van der Waals surface area contributed by atoms with Crippen LogP contribution in [0.3, 0.4) is 0 Å². The maximum absolute atomic E-state index is 12.6. The molecule has 30 heavy (non-hydrogen) atoms. The number of anilines is 1. The van der Waals surface area contributed by atoms with E-state index >= 15 is 0 Å². The number of aryl methyl sites for hydroxylation is 1. The molecule has 8 heteroatoms. The van der Waals surface area contributed by atoms with Gasteiger partial charge in [-0.15, -0.1) is 10.2 Å². The average Bonchev–Trinajstić information content (AvgIpc) is 3.34. The van der Waals surface area contributed by atoms with Crippen LogP contribution < -0.4 is 4.90 Å². The lowest BCUT2D eigenvalue weighted by molar-refractivity contribution is -0.115. The zero-order chi connectivity index (χ0) is 21.1. The minimum absolute atomic E-state index is 0.00195. The van der Waals surface area contributed by atoms with Crippen molar-refractivity contribution in [2.24, 2.45) is 14.1 Å². The van der Waals surface area contributed by atoms with Crippen molar-refractivity contribution in [1.29, 1.82) is 0 Å². The molecule has 0 aliphatic carbocycles. The molecule has 4 rings (SSSR count). The summed E-state index contributed by atoms with van der Waals surface area (Å²) in [5.74, 6) is 0.992. The number of hydrogen-bond acceptors (Lipinski definition) is 5. The molecule has 0 spiro atoms. The normalized spacial score (nSPS) is 10.9. The Bertz CT molecular complexity index is 1150. The monoisotopic (exact) mass is 418 g/mol. The van der Waals surface area contributed by atoms with E-state index in [1.54, 1.807) is 16.6 Å². The van der Waals surface area contributed by atoms with Gasteiger partial charge < -0.3 is 9.47 Å². The van der Waals surface area contributed by atoms with E-state index in [0.29, 0.717) is 11.0 Å². The number of carbonyl (C=O) groups excluding carboxylic acids is 1. The van der Waals surface area contributed by atoms with Crippen molar-refractivity contribution in [3.05, 3.63) is 66.9 Å². The van der Waals surface area contributed by atoms with Crippen LogP contribution in [0.1, 0.15) is 0 Å². The standard InChI is InChI=1S/C22H22N6OS/c1-26-14-18(20(25-26)16-10-6-4-7-11-16)21-23-24-22(28(21)3)30-15-19(29)27(2)17-12-8-5-9-13-17/h4-14H,15H2,1-3H3. The molecular weight excluding hydrogens is 396 g/mol. The summed E-state index contributed by atoms with van der Waals surface area (Å²) in [6.07, 6.45) is 1.94. The number of benzene rings is 2. The topological polar surface area (TPSA) is 68.8 Å². The first-order valence-corrected chi connectivity index (χ1v) is 10.5. The molecule has 0 atom stereocenters. The maximum Gasteiger partial charge on any atom is 0.237 e. The van der Waals surface area contributed by atoms with Gasteiger partial charge in [0, 0.05) is 38.6 Å². The Kier molecular flexibility index (Phi) is 5.67. The SMILES string of the molecule is CN(C(=O)CSc1nnc(-c2cn(C)nc2-c2ccccc2)n1C)c1ccccc1. The number of carbonyl (C=O) groups is 1. The quantitative estimate of drug-likeness (QED) is 0.447. The minimum atomic E-state index is 0.00195. The second-order valence-electron chi connectivity index (χ2n) is 6.87. The van der Waals surface area contributed by atoms with Gasteiger partial charge in [-0.2, -0.15) is 5.10 Å². The molecule has 4 aromatic rings. The second kappa shape index (κ2) is 8.54. The zero-order valence-electron chi connectivity index (χ0n) is 17.1. The smallest absolute Gasteiger partial charge is 0.237 e. The van der Waals surface area contributed by atoms with Crippen molar-refractivity contribution in [1.82, 2.24) is 24.5 Å². The fourth-order valence-corrected chi connectivity index (χ4v) is 3.98. The van der Waals surface area contributed by atoms with Gasteiger partial charge in [0.2, 0.25) is 5.91 Å². The van der Waals surface area contributed by atoms with Crippen LogP contribution in [0.25, 0.3) is 22.6 Å². The van der Waals surface area contributed by atoms with Crippen molar-refractivity contribution in [3.8, 4) is 22.6 Å². The summed E-state index contributed by atoms with van der Waals surface area (Å²) in [5.41, 5.74) is 3.64. The van der Waals surface area contributed by atoms with Crippen LogP contribution in [0.4, 0.5) is 5.69 Å². The largest absolute Gasteiger partial charge is 0.315 e. The molecule has 0 N–H and O–H groups in total. The van der Waals surface area contributed by atoms with Crippen LogP contribution in [0.15, 0.2) is 72.0 Å². The van der Waals surface area contributed by atoms with E-state index in [0.717, 1.165) is 22.5 Å². The van der Waals surface area contributed by atoms with Gasteiger partial charge in [-0.05, 0) is 12.1 Å². The van der Waals surface area contributed by atoms with Crippen LogP contribution in [-0.4, -0.2) is 43.3 Å². The molecule has 2 aromatic carbocycles. The minimum Gasteiger partial charge on any atom is -0.315 e. The van der Waals surface area contributed by atoms with Gasteiger partial charge in [0.25, 0.3) is 0 Å². The van der Waals surface area contributed by atoms with Crippen molar-refractivity contribution in [3.63, 3.8) is 0 Å². The third kappa shape index (κ3) is 3.99. The first kappa shape index (κ1) is 19.9. The molecule has 1 amide bonds. The first-order valence-electron chi connectivity index (χ1n) is 9.48. The Labute approximate surface area is 179 Å². The highest BCUT2D eigenvalue weighted by Crippen LogP contribution is 2.31. The van der Waals surface area contributed by atoms with E-state index in [-0.39, 0.29) is 11.7 Å². The average molecular weight is 419 g/mol. The van der Waals surface area contributed by atoms with Gasteiger partial charge in [0.15, 0.2) is 11.0 Å². The highest BCUT2D eigenvalue weighted by Gasteiger charge is 2.20. The number of para-hydroxylation sites is 1. The molecule has 7 nitrogen and oxygen atoms in total. The molecule has 0 unspecified atom stereocenters. The zero-order valence-corrected chi connectivity index (χ0v) is 17.9. The summed E-state index contributed by atoms with van der Waals surface area (Å²) in [7, 11) is 5.58. The lowest BCUT2D eigenvalue weighted by Gasteiger charge is -2.16. The molecule has 0 bridgehead atoms. The van der Waals surface area contributed by atoms with Gasteiger partial charge in [-0.1, -0.05) is 60.3 Å². The molecule has 152 valence electrons. The summed E-state index contributed by atoms with van der Waals surface area (Å²) >= 11 is 1.37. The van der Waals surface area contributed by atoms with Crippen LogP contribution in [0.2, 0.25) is 0 Å². The van der Waals surface area contributed by atoms with Gasteiger partial charge >= 0.3 is 0 Å². The van der Waals surface area contributed by atoms with E-state index in [1.165, 1.54) is 11.8 Å². The Hall–Kier alpha value is -3.39. The number of hydrogen-bond donors (Lipinski definition) is 0. The lowest BCUT2D eigenvalue weighted by atomic mass is 10.1. The third-order valence-electron chi connectivity index (χ3n) is 4.79. The Morgan fingerprint density at radius 2 is 1.67 bits per heavy atom. The Morgan fingerprint density at radius 3 is 2.37 bits per heavy atom. The fourth-order valence-electron chi connectivity index (χ4n) is 3.16. The van der Waals surface area contributed by atoms with Gasteiger partial charge in [-0.25, -0.2) is 0 Å². The summed E-state index contributed by atoms with van der Waals surface area (Å²) < 4.78 is 3.68. The number of rotatable bonds is 6. The maximum atomic E-state index is 12.6. The predicted octanol–water partition coefficient (Wildman–Crippen LogP) is 3.64. The third-order valence-corrected chi connectivity index (χ3v) is 5.80. The van der Waals surface area contributed by atoms with Crippen molar-refractivity contribution in [2.75, 3.05) is 17.7 Å². The molecule has 0 aliphatic rings. The van der Waals surface area contributed by atoms with Gasteiger partial charge in [0.1, 0.15) is 5.69 Å². The van der Waals surface area contributed by atoms with E-state index in [1.807, 2.05) is 85.5 Å². The molecule has 2 aromatic heterocycles. The molecule has 0 saturated carbocycles. The van der Waals surface area contributed by atoms with E-state index < -0.39 is 0 Å². The van der Waals surface area contributed by atoms with E-state index in [9.17, 15) is 4.79 Å². The number of thioether (sulfide) groups is 1. The summed E-state index contributed by atoms with van der Waals surface area (Å²) in [5, 5.41) is 14.0. The second-order valence-corrected chi connectivity index (χ2v) is 7.82. The van der Waals surface area contributed by atoms with Crippen molar-refractivity contribution < 1.29 is 4.79 Å². The molecule has 0 fully saturated rings. The van der Waals surface area contributed by atoms with E-state index in [4.69, 9.17) is 0 Å². The van der Waals surface area contributed by atoms with Crippen LogP contribution in [0.5, 0.6) is 0 Å². The molecule has 0 radical (unpaired) electrons. The summed E-state index contributed by atoms with van der Waals surface area (Å²) in [6, 6.07) is 19.6. The molecule has 0 saturated heterocycles. The van der Waals surface area contributed by atoms with Gasteiger partial charge in [0.05, 0.1) is 11.3 Å². The first-order chi connectivity index (χ1) is 14.5. The highest BCUT2D eigenvalue weighted by molar-refractivity contribution is 7.99. The molecule has 2 heterocycles. The lowest BCUT2D eigenvalue weighted by Crippen LogP contribution is -2.27. The predicted molar refractivity (Wildman–Crippen MR) is 119 cm³/mol. The number of amides is 1. The van der Waals surface area contributed by atoms with Gasteiger partial charge in [-0.3, -0.25) is 9.48 Å². The fraction of sp³-hybridized carbons (Fsp3) is 0.182. The van der Waals surface area contributed by atoms with Crippen molar-refractivity contribution >= 4 is 23.4 Å². The van der Waals surface area contributed by atoms with Crippen LogP contribution >= 0.6 is 11.8 Å². The number of nitrogens with zero attached hydrogens (tertiary/aromatic N) is 6. The Balaban J connectivity index is 1.54. The Morgan fingerprint density at radius 1 is 1.00 bits per heavy atom. The molecular formula is C22H22N6OS. The summed E-state index contributed by atoms with van der Waals surface area (Å²) in [6.45, 7) is 0. The van der Waals surface area contributed by atoms with E-state index in [2.05, 4.69) is 15.3 Å². The van der Waals surface area contributed by atoms with Crippen LogP contribution in [-0.2, 0) is 18.9 Å². The summed E-state index contributed by atoms with van der Waals surface area (Å²) in [4.78, 5) is 14.2.